The number of hydrogen-bond donors (Lipinski definition) is 0. The third-order valence-corrected chi connectivity index (χ3v) is 4.53. The molecule has 0 bridgehead atoms. The van der Waals surface area contributed by atoms with E-state index in [1.807, 2.05) is 29.5 Å². The van der Waals surface area contributed by atoms with E-state index in [1.165, 1.54) is 4.88 Å². The first-order chi connectivity index (χ1) is 9.30. The first kappa shape index (κ1) is 16.9. The molecule has 4 nitrogen and oxygen atoms in total. The highest BCUT2D eigenvalue weighted by Gasteiger charge is 2.37. The molecule has 0 aliphatic heterocycles. The van der Waals surface area contributed by atoms with Crippen LogP contribution in [-0.4, -0.2) is 36.9 Å². The highest BCUT2D eigenvalue weighted by molar-refractivity contribution is 7.10. The fraction of sp³-hybridized carbons (Fsp3) is 0.600. The molecule has 0 N–H and O–H groups in total. The molecule has 0 amide bonds. The van der Waals surface area contributed by atoms with Crippen LogP contribution in [0.2, 0.25) is 0 Å². The van der Waals surface area contributed by atoms with Crippen molar-refractivity contribution >= 4 is 23.1 Å². The number of ether oxygens (including phenoxy) is 1. The quantitative estimate of drug-likeness (QED) is 0.573. The van der Waals surface area contributed by atoms with Gasteiger partial charge in [0.15, 0.2) is 5.78 Å². The smallest absolute Gasteiger partial charge is 0.319 e. The Bertz CT molecular complexity index is 454. The number of thiophene rings is 1. The van der Waals surface area contributed by atoms with E-state index in [2.05, 4.69) is 6.92 Å². The maximum atomic E-state index is 12.3. The van der Waals surface area contributed by atoms with Gasteiger partial charge in [0, 0.05) is 10.9 Å². The summed E-state index contributed by atoms with van der Waals surface area (Å²) in [4.78, 5) is 27.3. The minimum absolute atomic E-state index is 0.123. The minimum Gasteiger partial charge on any atom is -0.465 e. The van der Waals surface area contributed by atoms with Crippen molar-refractivity contribution in [3.8, 4) is 0 Å². The molecule has 0 aliphatic rings. The molecule has 1 heterocycles. The minimum atomic E-state index is -1.10. The molecular formula is C15H23NO3S. The topological polar surface area (TPSA) is 46.6 Å². The second kappa shape index (κ2) is 6.99. The number of likely N-dealkylation sites (N-methyl/N-ethyl adjacent to an activating group) is 1. The average molecular weight is 297 g/mol. The Kier molecular flexibility index (Phi) is 5.89. The summed E-state index contributed by atoms with van der Waals surface area (Å²) in [5.74, 6) is -0.580. The van der Waals surface area contributed by atoms with Gasteiger partial charge in [-0.25, -0.2) is 0 Å². The van der Waals surface area contributed by atoms with Gasteiger partial charge >= 0.3 is 5.97 Å². The van der Waals surface area contributed by atoms with Gasteiger partial charge in [-0.15, -0.1) is 11.3 Å². The summed E-state index contributed by atoms with van der Waals surface area (Å²) in [5, 5.41) is 2.02. The molecule has 1 rings (SSSR count). The highest BCUT2D eigenvalue weighted by Crippen LogP contribution is 2.25. The van der Waals surface area contributed by atoms with E-state index in [-0.39, 0.29) is 25.0 Å². The van der Waals surface area contributed by atoms with Gasteiger partial charge in [-0.3, -0.25) is 14.5 Å². The lowest BCUT2D eigenvalue weighted by Gasteiger charge is -2.27. The van der Waals surface area contributed by atoms with Crippen LogP contribution >= 0.6 is 11.3 Å². The second-order valence-electron chi connectivity index (χ2n) is 5.38. The van der Waals surface area contributed by atoms with Gasteiger partial charge in [0.05, 0.1) is 13.2 Å². The van der Waals surface area contributed by atoms with Gasteiger partial charge in [-0.2, -0.15) is 0 Å². The molecule has 1 atom stereocenters. The zero-order chi connectivity index (χ0) is 15.3. The van der Waals surface area contributed by atoms with Crippen LogP contribution in [0.5, 0.6) is 0 Å². The van der Waals surface area contributed by atoms with Crippen LogP contribution in [0.15, 0.2) is 17.5 Å². The molecule has 112 valence electrons. The lowest BCUT2D eigenvalue weighted by molar-refractivity contribution is -0.158. The van der Waals surface area contributed by atoms with E-state index in [4.69, 9.17) is 4.74 Å². The summed E-state index contributed by atoms with van der Waals surface area (Å²) in [6, 6.07) is 4.19. The maximum absolute atomic E-state index is 12.3. The Balaban J connectivity index is 2.67. The van der Waals surface area contributed by atoms with E-state index in [9.17, 15) is 9.59 Å². The molecule has 0 spiro atoms. The van der Waals surface area contributed by atoms with Crippen molar-refractivity contribution in [2.45, 2.75) is 33.7 Å². The molecule has 0 aliphatic carbocycles. The van der Waals surface area contributed by atoms with Crippen molar-refractivity contribution in [2.75, 3.05) is 20.2 Å². The first-order valence-electron chi connectivity index (χ1n) is 6.74. The number of carbonyl (C=O) groups is 2. The maximum Gasteiger partial charge on any atom is 0.319 e. The van der Waals surface area contributed by atoms with Crippen LogP contribution in [0, 0.1) is 5.41 Å². The molecule has 0 saturated heterocycles. The summed E-state index contributed by atoms with van der Waals surface area (Å²) in [6.45, 7) is 7.55. The highest BCUT2D eigenvalue weighted by atomic mass is 32.1. The van der Waals surface area contributed by atoms with Crippen molar-refractivity contribution in [1.29, 1.82) is 0 Å². The van der Waals surface area contributed by atoms with Gasteiger partial charge in [0.25, 0.3) is 0 Å². The summed E-state index contributed by atoms with van der Waals surface area (Å²) in [6.07, 6.45) is 0. The molecule has 1 aromatic heterocycles. The van der Waals surface area contributed by atoms with Crippen molar-refractivity contribution in [1.82, 2.24) is 4.90 Å². The number of rotatable bonds is 7. The molecule has 20 heavy (non-hydrogen) atoms. The van der Waals surface area contributed by atoms with Gasteiger partial charge in [0.2, 0.25) is 0 Å². The van der Waals surface area contributed by atoms with Crippen LogP contribution in [0.1, 0.15) is 38.6 Å². The predicted octanol–water partition coefficient (Wildman–Crippen LogP) is 2.90. The molecule has 5 heteroatoms. The number of Topliss-reactive ketones (excluding diaryl/α,β-unsaturated/α-hetero) is 1. The monoisotopic (exact) mass is 297 g/mol. The average Bonchev–Trinajstić information content (AvgIpc) is 2.91. The molecule has 1 unspecified atom stereocenters. The number of esters is 1. The summed E-state index contributed by atoms with van der Waals surface area (Å²) in [5.41, 5.74) is -1.10. The number of nitrogens with zero attached hydrogens (tertiary/aromatic N) is 1. The Hall–Kier alpha value is -1.20. The summed E-state index contributed by atoms with van der Waals surface area (Å²) >= 11 is 1.66. The fourth-order valence-corrected chi connectivity index (χ4v) is 2.58. The number of ketones is 1. The van der Waals surface area contributed by atoms with Crippen LogP contribution in [0.25, 0.3) is 0 Å². The molecule has 0 fully saturated rings. The Morgan fingerprint density at radius 2 is 2.10 bits per heavy atom. The number of carbonyl (C=O) groups excluding carboxylic acids is 2. The van der Waals surface area contributed by atoms with E-state index >= 15 is 0 Å². The largest absolute Gasteiger partial charge is 0.465 e. The zero-order valence-corrected chi connectivity index (χ0v) is 13.6. The first-order valence-corrected chi connectivity index (χ1v) is 7.62. The van der Waals surface area contributed by atoms with Gasteiger partial charge in [-0.1, -0.05) is 6.07 Å². The lowest BCUT2D eigenvalue weighted by atomic mass is 9.87. The van der Waals surface area contributed by atoms with Crippen molar-refractivity contribution in [2.24, 2.45) is 5.41 Å². The molecule has 1 aromatic rings. The second-order valence-corrected chi connectivity index (χ2v) is 6.35. The molecule has 0 saturated carbocycles. The lowest BCUT2D eigenvalue weighted by Crippen LogP contribution is -2.41. The summed E-state index contributed by atoms with van der Waals surface area (Å²) in [7, 11) is 1.89. The van der Waals surface area contributed by atoms with Crippen molar-refractivity contribution in [3.05, 3.63) is 22.4 Å². The van der Waals surface area contributed by atoms with Gasteiger partial charge in [0.1, 0.15) is 5.41 Å². The molecule has 0 radical (unpaired) electrons. The Morgan fingerprint density at radius 3 is 2.60 bits per heavy atom. The van der Waals surface area contributed by atoms with Crippen molar-refractivity contribution in [3.63, 3.8) is 0 Å². The zero-order valence-electron chi connectivity index (χ0n) is 12.8. The third kappa shape index (κ3) is 3.90. The van der Waals surface area contributed by atoms with Gasteiger partial charge in [-0.05, 0) is 46.2 Å². The number of hydrogen-bond acceptors (Lipinski definition) is 5. The van der Waals surface area contributed by atoms with E-state index in [0.29, 0.717) is 0 Å². The Labute approximate surface area is 124 Å². The van der Waals surface area contributed by atoms with Crippen molar-refractivity contribution < 1.29 is 14.3 Å². The SMILES string of the molecule is CCOC(=O)C(C)(C)C(=O)CN(C)C(C)c1cccs1. The molecule has 0 aromatic carbocycles. The van der Waals surface area contributed by atoms with E-state index < -0.39 is 11.4 Å². The fourth-order valence-electron chi connectivity index (χ4n) is 1.73. The van der Waals surface area contributed by atoms with Crippen LogP contribution in [0.3, 0.4) is 0 Å². The van der Waals surface area contributed by atoms with Crippen LogP contribution < -0.4 is 0 Å². The predicted molar refractivity (Wildman–Crippen MR) is 80.8 cm³/mol. The van der Waals surface area contributed by atoms with Crippen LogP contribution in [0.4, 0.5) is 0 Å². The van der Waals surface area contributed by atoms with E-state index in [1.54, 1.807) is 32.1 Å². The standard InChI is InChI=1S/C15H23NO3S/c1-6-19-14(18)15(3,4)13(17)10-16(5)11(2)12-8-7-9-20-12/h7-9,11H,6,10H2,1-5H3. The van der Waals surface area contributed by atoms with E-state index in [0.717, 1.165) is 0 Å². The van der Waals surface area contributed by atoms with Gasteiger partial charge < -0.3 is 4.74 Å². The molecular weight excluding hydrogens is 274 g/mol. The normalized spacial score (nSPS) is 13.3. The Morgan fingerprint density at radius 1 is 1.45 bits per heavy atom. The third-order valence-electron chi connectivity index (χ3n) is 3.49. The van der Waals surface area contributed by atoms with Crippen LogP contribution in [-0.2, 0) is 14.3 Å². The summed E-state index contributed by atoms with van der Waals surface area (Å²) < 4.78 is 4.97.